The van der Waals surface area contributed by atoms with Crippen LogP contribution < -0.4 is 5.32 Å². The molecule has 20 heavy (non-hydrogen) atoms. The minimum Gasteiger partial charge on any atom is -0.478 e. The molecule has 3 nitrogen and oxygen atoms in total. The van der Waals surface area contributed by atoms with E-state index in [1.807, 2.05) is 19.1 Å². The molecule has 1 atom stereocenters. The van der Waals surface area contributed by atoms with Crippen LogP contribution in [0.3, 0.4) is 0 Å². The van der Waals surface area contributed by atoms with Gasteiger partial charge in [0.25, 0.3) is 0 Å². The molecule has 1 aromatic carbocycles. The molecule has 0 aliphatic rings. The third kappa shape index (κ3) is 3.61. The summed E-state index contributed by atoms with van der Waals surface area (Å²) in [5.41, 5.74) is 2.07. The van der Waals surface area contributed by atoms with Crippen molar-refractivity contribution in [1.29, 1.82) is 0 Å². The Bertz CT molecular complexity index is 619. The first-order valence-corrected chi connectivity index (χ1v) is 7.43. The summed E-state index contributed by atoms with van der Waals surface area (Å²) in [5.74, 6) is -0.897. The van der Waals surface area contributed by atoms with Gasteiger partial charge in [-0.2, -0.15) is 0 Å². The summed E-state index contributed by atoms with van der Waals surface area (Å²) in [4.78, 5) is 13.9. The molecule has 0 aliphatic carbocycles. The number of carboxylic acids is 1. The van der Waals surface area contributed by atoms with E-state index in [2.05, 4.69) is 31.3 Å². The molecular weight excluding hydrogens is 270 g/mol. The number of aryl methyl sites for hydroxylation is 2. The summed E-state index contributed by atoms with van der Waals surface area (Å²) in [6.45, 7) is 6.13. The Kier molecular flexibility index (Phi) is 4.45. The fourth-order valence-corrected chi connectivity index (χ4v) is 3.20. The van der Waals surface area contributed by atoms with Gasteiger partial charge in [0.15, 0.2) is 0 Å². The summed E-state index contributed by atoms with van der Waals surface area (Å²) in [5, 5.41) is 12.5. The number of hydrogen-bond donors (Lipinski definition) is 2. The van der Waals surface area contributed by atoms with Crippen LogP contribution in [0.5, 0.6) is 0 Å². The third-order valence-corrected chi connectivity index (χ3v) is 4.13. The van der Waals surface area contributed by atoms with Gasteiger partial charge in [-0.1, -0.05) is 6.07 Å². The normalized spacial score (nSPS) is 12.2. The van der Waals surface area contributed by atoms with Crippen LogP contribution in [0.25, 0.3) is 0 Å². The van der Waals surface area contributed by atoms with Crippen molar-refractivity contribution in [2.24, 2.45) is 0 Å². The summed E-state index contributed by atoms with van der Waals surface area (Å²) in [7, 11) is 0. The number of nitrogens with one attached hydrogen (secondary N) is 1. The van der Waals surface area contributed by atoms with Gasteiger partial charge in [-0.05, 0) is 50.6 Å². The second-order valence-corrected chi connectivity index (χ2v) is 6.49. The first-order valence-electron chi connectivity index (χ1n) is 6.61. The first kappa shape index (κ1) is 14.6. The molecule has 2 rings (SSSR count). The van der Waals surface area contributed by atoms with Crippen molar-refractivity contribution in [3.8, 4) is 0 Å². The van der Waals surface area contributed by atoms with E-state index in [4.69, 9.17) is 0 Å². The Labute approximate surface area is 123 Å². The van der Waals surface area contributed by atoms with Crippen LogP contribution in [-0.2, 0) is 6.42 Å². The highest BCUT2D eigenvalue weighted by molar-refractivity contribution is 7.11. The number of rotatable bonds is 5. The first-order chi connectivity index (χ1) is 9.45. The molecule has 2 N–H and O–H groups in total. The Hall–Kier alpha value is -1.81. The molecule has 0 saturated heterocycles. The van der Waals surface area contributed by atoms with Crippen molar-refractivity contribution in [2.75, 3.05) is 5.32 Å². The monoisotopic (exact) mass is 289 g/mol. The van der Waals surface area contributed by atoms with Gasteiger partial charge in [0.1, 0.15) is 0 Å². The topological polar surface area (TPSA) is 49.3 Å². The van der Waals surface area contributed by atoms with Gasteiger partial charge in [0, 0.05) is 27.9 Å². The van der Waals surface area contributed by atoms with Crippen molar-refractivity contribution in [3.63, 3.8) is 0 Å². The standard InChI is InChI=1S/C16H19NO2S/c1-10-4-7-14(16(18)19)15(8-10)17-11(2)9-13-6-5-12(3)20-13/h4-8,11,17H,9H2,1-3H3,(H,18,19). The van der Waals surface area contributed by atoms with Crippen LogP contribution in [0.1, 0.15) is 32.6 Å². The minimum absolute atomic E-state index is 0.188. The fourth-order valence-electron chi connectivity index (χ4n) is 2.18. The molecule has 0 saturated carbocycles. The molecule has 1 aromatic heterocycles. The van der Waals surface area contributed by atoms with Crippen molar-refractivity contribution in [2.45, 2.75) is 33.2 Å². The maximum absolute atomic E-state index is 11.2. The fraction of sp³-hybridized carbons (Fsp3) is 0.312. The second kappa shape index (κ2) is 6.09. The van der Waals surface area contributed by atoms with Crippen LogP contribution >= 0.6 is 11.3 Å². The number of carbonyl (C=O) groups is 1. The highest BCUT2D eigenvalue weighted by atomic mass is 32.1. The summed E-state index contributed by atoms with van der Waals surface area (Å²) < 4.78 is 0. The maximum Gasteiger partial charge on any atom is 0.337 e. The van der Waals surface area contributed by atoms with Gasteiger partial charge >= 0.3 is 5.97 Å². The van der Waals surface area contributed by atoms with E-state index < -0.39 is 5.97 Å². The number of thiophene rings is 1. The van der Waals surface area contributed by atoms with Crippen molar-refractivity contribution < 1.29 is 9.90 Å². The van der Waals surface area contributed by atoms with Crippen LogP contribution in [0, 0.1) is 13.8 Å². The average Bonchev–Trinajstić information content (AvgIpc) is 2.74. The van der Waals surface area contributed by atoms with E-state index in [0.29, 0.717) is 11.3 Å². The molecule has 1 heterocycles. The molecule has 4 heteroatoms. The Balaban J connectivity index is 2.12. The van der Waals surface area contributed by atoms with Crippen molar-refractivity contribution in [1.82, 2.24) is 0 Å². The number of carboxylic acid groups (broad SMARTS) is 1. The molecule has 0 aliphatic heterocycles. The van der Waals surface area contributed by atoms with Crippen LogP contribution in [0.4, 0.5) is 5.69 Å². The van der Waals surface area contributed by atoms with Gasteiger partial charge in [0.2, 0.25) is 0 Å². The van der Waals surface area contributed by atoms with Gasteiger partial charge in [0.05, 0.1) is 5.56 Å². The molecule has 106 valence electrons. The minimum atomic E-state index is -0.897. The lowest BCUT2D eigenvalue weighted by atomic mass is 10.1. The summed E-state index contributed by atoms with van der Waals surface area (Å²) >= 11 is 1.78. The van der Waals surface area contributed by atoms with Crippen molar-refractivity contribution >= 4 is 23.0 Å². The van der Waals surface area contributed by atoms with E-state index in [-0.39, 0.29) is 6.04 Å². The van der Waals surface area contributed by atoms with Crippen LogP contribution in [0.2, 0.25) is 0 Å². The molecule has 0 bridgehead atoms. The highest BCUT2D eigenvalue weighted by Gasteiger charge is 2.13. The van der Waals surface area contributed by atoms with Gasteiger partial charge in [-0.15, -0.1) is 11.3 Å². The number of benzene rings is 1. The Morgan fingerprint density at radius 1 is 1.30 bits per heavy atom. The van der Waals surface area contributed by atoms with Gasteiger partial charge in [-0.3, -0.25) is 0 Å². The third-order valence-electron chi connectivity index (χ3n) is 3.11. The number of hydrogen-bond acceptors (Lipinski definition) is 3. The van der Waals surface area contributed by atoms with E-state index in [1.165, 1.54) is 9.75 Å². The molecule has 0 radical (unpaired) electrons. The predicted octanol–water partition coefficient (Wildman–Crippen LogP) is 4.11. The van der Waals surface area contributed by atoms with Crippen LogP contribution in [0.15, 0.2) is 30.3 Å². The maximum atomic E-state index is 11.2. The average molecular weight is 289 g/mol. The predicted molar refractivity (Wildman–Crippen MR) is 84.0 cm³/mol. The lowest BCUT2D eigenvalue weighted by Gasteiger charge is -2.17. The van der Waals surface area contributed by atoms with Gasteiger partial charge in [-0.25, -0.2) is 4.79 Å². The largest absolute Gasteiger partial charge is 0.478 e. The zero-order valence-corrected chi connectivity index (χ0v) is 12.8. The summed E-state index contributed by atoms with van der Waals surface area (Å²) in [6.07, 6.45) is 0.894. The molecule has 1 unspecified atom stereocenters. The Morgan fingerprint density at radius 2 is 2.05 bits per heavy atom. The van der Waals surface area contributed by atoms with E-state index >= 15 is 0 Å². The smallest absolute Gasteiger partial charge is 0.337 e. The number of aromatic carboxylic acids is 1. The molecular formula is C16H19NO2S. The quantitative estimate of drug-likeness (QED) is 0.871. The lowest BCUT2D eigenvalue weighted by molar-refractivity contribution is 0.0698. The van der Waals surface area contributed by atoms with Crippen LogP contribution in [-0.4, -0.2) is 17.1 Å². The lowest BCUT2D eigenvalue weighted by Crippen LogP contribution is -2.19. The zero-order valence-electron chi connectivity index (χ0n) is 11.9. The van der Waals surface area contributed by atoms with E-state index in [9.17, 15) is 9.90 Å². The Morgan fingerprint density at radius 3 is 2.65 bits per heavy atom. The molecule has 0 amide bonds. The zero-order chi connectivity index (χ0) is 14.7. The van der Waals surface area contributed by atoms with E-state index in [0.717, 1.165) is 12.0 Å². The molecule has 2 aromatic rings. The van der Waals surface area contributed by atoms with Gasteiger partial charge < -0.3 is 10.4 Å². The number of anilines is 1. The molecule has 0 spiro atoms. The highest BCUT2D eigenvalue weighted by Crippen LogP contribution is 2.21. The van der Waals surface area contributed by atoms with Crippen molar-refractivity contribution in [3.05, 3.63) is 51.2 Å². The SMILES string of the molecule is Cc1ccc(C(=O)O)c(NC(C)Cc2ccc(C)s2)c1. The summed E-state index contributed by atoms with van der Waals surface area (Å²) in [6, 6.07) is 9.80. The molecule has 0 fully saturated rings. The van der Waals surface area contributed by atoms with E-state index in [1.54, 1.807) is 17.4 Å². The second-order valence-electron chi connectivity index (χ2n) is 5.12.